The number of nitrogens with zero attached hydrogens (tertiary/aromatic N) is 1. The molecule has 1 fully saturated rings. The van der Waals surface area contributed by atoms with Gasteiger partial charge >= 0.3 is 0 Å². The summed E-state index contributed by atoms with van der Waals surface area (Å²) in [6, 6.07) is 10.1. The second-order valence-electron chi connectivity index (χ2n) is 5.30. The summed E-state index contributed by atoms with van der Waals surface area (Å²) in [6.07, 6.45) is 2.18. The first-order chi connectivity index (χ1) is 9.83. The largest absolute Gasteiger partial charge is 0.383 e. The lowest BCUT2D eigenvalue weighted by molar-refractivity contribution is 0.0158. The van der Waals surface area contributed by atoms with Crippen LogP contribution in [0.1, 0.15) is 18.4 Å². The number of nitrogens with two attached hydrogens (primary N) is 1. The van der Waals surface area contributed by atoms with Crippen LogP contribution in [0.15, 0.2) is 30.3 Å². The van der Waals surface area contributed by atoms with Crippen molar-refractivity contribution in [1.29, 1.82) is 0 Å². The molecule has 1 saturated heterocycles. The average molecular weight is 272 g/mol. The van der Waals surface area contributed by atoms with Gasteiger partial charge in [-0.3, -0.25) is 0 Å². The van der Waals surface area contributed by atoms with E-state index >= 15 is 0 Å². The van der Waals surface area contributed by atoms with Crippen molar-refractivity contribution >= 4 is 16.7 Å². The average Bonchev–Trinajstić information content (AvgIpc) is 2.49. The van der Waals surface area contributed by atoms with Crippen LogP contribution in [-0.2, 0) is 16.1 Å². The van der Waals surface area contributed by atoms with Crippen LogP contribution < -0.4 is 5.73 Å². The number of rotatable bonds is 4. The second-order valence-corrected chi connectivity index (χ2v) is 5.30. The number of aromatic nitrogens is 1. The molecule has 106 valence electrons. The molecule has 4 nitrogen and oxygen atoms in total. The van der Waals surface area contributed by atoms with E-state index < -0.39 is 0 Å². The van der Waals surface area contributed by atoms with E-state index in [1.807, 2.05) is 24.3 Å². The molecular formula is C16H20N2O2. The Morgan fingerprint density at radius 1 is 1.25 bits per heavy atom. The number of hydrogen-bond donors (Lipinski definition) is 1. The van der Waals surface area contributed by atoms with Gasteiger partial charge in [-0.2, -0.15) is 0 Å². The van der Waals surface area contributed by atoms with Crippen molar-refractivity contribution in [3.8, 4) is 0 Å². The van der Waals surface area contributed by atoms with Crippen molar-refractivity contribution in [3.05, 3.63) is 35.9 Å². The minimum atomic E-state index is 0.529. The Morgan fingerprint density at radius 2 is 2.05 bits per heavy atom. The van der Waals surface area contributed by atoms with Crippen LogP contribution in [0.2, 0.25) is 0 Å². The fourth-order valence-electron chi connectivity index (χ4n) is 2.54. The van der Waals surface area contributed by atoms with Gasteiger partial charge in [0, 0.05) is 24.2 Å². The molecule has 0 bridgehead atoms. The Bertz CT molecular complexity index is 580. The number of anilines is 1. The van der Waals surface area contributed by atoms with E-state index in [0.29, 0.717) is 18.3 Å². The van der Waals surface area contributed by atoms with Crippen LogP contribution in [0.5, 0.6) is 0 Å². The van der Waals surface area contributed by atoms with Gasteiger partial charge in [0.05, 0.1) is 18.7 Å². The maximum Gasteiger partial charge on any atom is 0.129 e. The predicted molar refractivity (Wildman–Crippen MR) is 79.4 cm³/mol. The molecule has 2 heterocycles. The lowest BCUT2D eigenvalue weighted by Gasteiger charge is -2.21. The van der Waals surface area contributed by atoms with E-state index in [0.717, 1.165) is 49.1 Å². The highest BCUT2D eigenvalue weighted by molar-refractivity contribution is 5.81. The molecular weight excluding hydrogens is 252 g/mol. The normalized spacial score (nSPS) is 16.6. The van der Waals surface area contributed by atoms with Crippen molar-refractivity contribution in [2.45, 2.75) is 19.4 Å². The number of ether oxygens (including phenoxy) is 2. The molecule has 0 atom stereocenters. The van der Waals surface area contributed by atoms with Crippen LogP contribution in [0, 0.1) is 5.92 Å². The molecule has 0 saturated carbocycles. The highest BCUT2D eigenvalue weighted by atomic mass is 16.5. The molecule has 0 spiro atoms. The zero-order valence-corrected chi connectivity index (χ0v) is 11.5. The van der Waals surface area contributed by atoms with E-state index in [1.54, 1.807) is 0 Å². The molecule has 20 heavy (non-hydrogen) atoms. The third-order valence-corrected chi connectivity index (χ3v) is 3.79. The quantitative estimate of drug-likeness (QED) is 0.929. The molecule has 0 unspecified atom stereocenters. The Kier molecular flexibility index (Phi) is 4.14. The fraction of sp³-hybridized carbons (Fsp3) is 0.438. The smallest absolute Gasteiger partial charge is 0.129 e. The zero-order chi connectivity index (χ0) is 13.8. The molecule has 4 heteroatoms. The van der Waals surface area contributed by atoms with Crippen molar-refractivity contribution in [2.75, 3.05) is 25.6 Å². The minimum Gasteiger partial charge on any atom is -0.383 e. The maximum absolute atomic E-state index is 5.99. The number of benzene rings is 1. The van der Waals surface area contributed by atoms with Gasteiger partial charge in [-0.05, 0) is 30.9 Å². The zero-order valence-electron chi connectivity index (χ0n) is 11.5. The van der Waals surface area contributed by atoms with Crippen LogP contribution in [0.4, 0.5) is 5.82 Å². The van der Waals surface area contributed by atoms with Gasteiger partial charge in [0.15, 0.2) is 0 Å². The van der Waals surface area contributed by atoms with Crippen molar-refractivity contribution in [3.63, 3.8) is 0 Å². The highest BCUT2D eigenvalue weighted by Crippen LogP contribution is 2.20. The van der Waals surface area contributed by atoms with E-state index in [9.17, 15) is 0 Å². The Labute approximate surface area is 118 Å². The number of hydrogen-bond acceptors (Lipinski definition) is 4. The van der Waals surface area contributed by atoms with Gasteiger partial charge in [-0.15, -0.1) is 0 Å². The van der Waals surface area contributed by atoms with Crippen LogP contribution in [-0.4, -0.2) is 24.8 Å². The standard InChI is InChI=1S/C16H20N2O2/c17-16-14(9-13-3-1-2-4-15(13)18-16)11-20-10-12-5-7-19-8-6-12/h1-4,9,12H,5-8,10-11H2,(H2,17,18). The summed E-state index contributed by atoms with van der Waals surface area (Å²) in [5, 5.41) is 1.10. The first-order valence-corrected chi connectivity index (χ1v) is 7.12. The van der Waals surface area contributed by atoms with E-state index in [-0.39, 0.29) is 0 Å². The van der Waals surface area contributed by atoms with E-state index in [2.05, 4.69) is 11.1 Å². The third kappa shape index (κ3) is 3.08. The van der Waals surface area contributed by atoms with Gasteiger partial charge in [0.1, 0.15) is 5.82 Å². The van der Waals surface area contributed by atoms with Crippen LogP contribution >= 0.6 is 0 Å². The van der Waals surface area contributed by atoms with Gasteiger partial charge in [0.25, 0.3) is 0 Å². The molecule has 1 aromatic heterocycles. The predicted octanol–water partition coefficient (Wildman–Crippen LogP) is 2.76. The third-order valence-electron chi connectivity index (χ3n) is 3.79. The van der Waals surface area contributed by atoms with Gasteiger partial charge < -0.3 is 15.2 Å². The summed E-state index contributed by atoms with van der Waals surface area (Å²) in [6.45, 7) is 3.01. The molecule has 3 rings (SSSR count). The molecule has 0 amide bonds. The lowest BCUT2D eigenvalue weighted by Crippen LogP contribution is -2.20. The number of fused-ring (bicyclic) bond motifs is 1. The number of nitrogen functional groups attached to an aromatic ring is 1. The van der Waals surface area contributed by atoms with Crippen molar-refractivity contribution < 1.29 is 9.47 Å². The summed E-state index contributed by atoms with van der Waals surface area (Å²) in [7, 11) is 0. The lowest BCUT2D eigenvalue weighted by atomic mass is 10.0. The molecule has 1 aromatic carbocycles. The summed E-state index contributed by atoms with van der Waals surface area (Å²) < 4.78 is 11.2. The van der Waals surface area contributed by atoms with Crippen LogP contribution in [0.3, 0.4) is 0 Å². The fourth-order valence-corrected chi connectivity index (χ4v) is 2.54. The van der Waals surface area contributed by atoms with Crippen molar-refractivity contribution in [2.24, 2.45) is 5.92 Å². The maximum atomic E-state index is 5.99. The molecule has 0 aliphatic carbocycles. The first-order valence-electron chi connectivity index (χ1n) is 7.12. The number of para-hydroxylation sites is 1. The minimum absolute atomic E-state index is 0.529. The highest BCUT2D eigenvalue weighted by Gasteiger charge is 2.14. The molecule has 0 radical (unpaired) electrons. The van der Waals surface area contributed by atoms with E-state index in [1.165, 1.54) is 0 Å². The van der Waals surface area contributed by atoms with Crippen molar-refractivity contribution in [1.82, 2.24) is 4.98 Å². The molecule has 1 aliphatic heterocycles. The van der Waals surface area contributed by atoms with Gasteiger partial charge in [-0.25, -0.2) is 4.98 Å². The van der Waals surface area contributed by atoms with Gasteiger partial charge in [0.2, 0.25) is 0 Å². The van der Waals surface area contributed by atoms with Gasteiger partial charge in [-0.1, -0.05) is 18.2 Å². The first kappa shape index (κ1) is 13.3. The summed E-state index contributed by atoms with van der Waals surface area (Å²) in [4.78, 5) is 4.42. The Balaban J connectivity index is 1.63. The summed E-state index contributed by atoms with van der Waals surface area (Å²) >= 11 is 0. The second kappa shape index (κ2) is 6.20. The molecule has 2 aromatic rings. The summed E-state index contributed by atoms with van der Waals surface area (Å²) in [5.74, 6) is 1.18. The monoisotopic (exact) mass is 272 g/mol. The number of pyridine rings is 1. The van der Waals surface area contributed by atoms with Crippen LogP contribution in [0.25, 0.3) is 10.9 Å². The van der Waals surface area contributed by atoms with E-state index in [4.69, 9.17) is 15.2 Å². The molecule has 2 N–H and O–H groups in total. The summed E-state index contributed by atoms with van der Waals surface area (Å²) in [5.41, 5.74) is 7.89. The Hall–Kier alpha value is -1.65. The molecule has 1 aliphatic rings. The Morgan fingerprint density at radius 3 is 2.90 bits per heavy atom. The topological polar surface area (TPSA) is 57.4 Å². The SMILES string of the molecule is Nc1nc2ccccc2cc1COCC1CCOCC1.